The van der Waals surface area contributed by atoms with Crippen LogP contribution in [0.4, 0.5) is 0 Å². The molecule has 4 aromatic carbocycles. The van der Waals surface area contributed by atoms with E-state index < -0.39 is 0 Å². The van der Waals surface area contributed by atoms with E-state index in [0.717, 1.165) is 78.2 Å². The van der Waals surface area contributed by atoms with Crippen LogP contribution in [0, 0.1) is 27.7 Å². The molecule has 4 nitrogen and oxygen atoms in total. The average Bonchev–Trinajstić information content (AvgIpc) is 2.91. The number of ether oxygens (including phenoxy) is 4. The van der Waals surface area contributed by atoms with Gasteiger partial charge < -0.3 is 18.9 Å². The zero-order chi connectivity index (χ0) is 28.5. The first-order valence-electron chi connectivity index (χ1n) is 13.6. The van der Waals surface area contributed by atoms with Crippen molar-refractivity contribution in [3.8, 4) is 34.1 Å². The lowest BCUT2D eigenvalue weighted by atomic mass is 10.1. The molecule has 0 radical (unpaired) electrons. The molecule has 0 unspecified atom stereocenters. The fraction of sp³-hybridized carbons (Fsp3) is 0.294. The molecule has 210 valence electrons. The van der Waals surface area contributed by atoms with Gasteiger partial charge in [0, 0.05) is 21.8 Å². The van der Waals surface area contributed by atoms with Crippen LogP contribution >= 0.6 is 31.9 Å². The van der Waals surface area contributed by atoms with Crippen molar-refractivity contribution < 1.29 is 18.9 Å². The smallest absolute Gasteiger partial charge is 0.125 e. The predicted octanol–water partition coefficient (Wildman–Crippen LogP) is 9.81. The van der Waals surface area contributed by atoms with Crippen LogP contribution in [-0.2, 0) is 0 Å². The maximum atomic E-state index is 6.00. The quantitative estimate of drug-likeness (QED) is 0.133. The van der Waals surface area contributed by atoms with Crippen molar-refractivity contribution in [2.75, 3.05) is 26.4 Å². The number of hydrogen-bond donors (Lipinski definition) is 0. The van der Waals surface area contributed by atoms with Crippen molar-refractivity contribution in [1.82, 2.24) is 0 Å². The third kappa shape index (κ3) is 8.52. The fourth-order valence-electron chi connectivity index (χ4n) is 4.58. The summed E-state index contributed by atoms with van der Waals surface area (Å²) in [5, 5.41) is 0. The third-order valence-electron chi connectivity index (χ3n) is 6.50. The van der Waals surface area contributed by atoms with Gasteiger partial charge in [-0.3, -0.25) is 0 Å². The van der Waals surface area contributed by atoms with Crippen molar-refractivity contribution in [2.24, 2.45) is 0 Å². The molecule has 0 aliphatic heterocycles. The van der Waals surface area contributed by atoms with Crippen molar-refractivity contribution in [1.29, 1.82) is 0 Å². The van der Waals surface area contributed by atoms with Crippen molar-refractivity contribution in [3.05, 3.63) is 104 Å². The van der Waals surface area contributed by atoms with Gasteiger partial charge in [-0.1, -0.05) is 56.1 Å². The van der Waals surface area contributed by atoms with Gasteiger partial charge in [-0.2, -0.15) is 0 Å². The Bertz CT molecular complexity index is 1240. The minimum Gasteiger partial charge on any atom is -0.493 e. The Labute approximate surface area is 254 Å². The summed E-state index contributed by atoms with van der Waals surface area (Å²) in [5.41, 5.74) is 6.81. The Morgan fingerprint density at radius 2 is 0.750 bits per heavy atom. The van der Waals surface area contributed by atoms with Crippen LogP contribution in [0.2, 0.25) is 0 Å². The second kappa shape index (κ2) is 14.6. The molecule has 0 fully saturated rings. The molecule has 0 N–H and O–H groups in total. The van der Waals surface area contributed by atoms with Crippen LogP contribution in [0.15, 0.2) is 81.7 Å². The van der Waals surface area contributed by atoms with Crippen molar-refractivity contribution >= 4 is 31.9 Å². The van der Waals surface area contributed by atoms with Crippen LogP contribution in [0.1, 0.15) is 35.1 Å². The topological polar surface area (TPSA) is 36.9 Å². The van der Waals surface area contributed by atoms with E-state index in [-0.39, 0.29) is 0 Å². The van der Waals surface area contributed by atoms with E-state index in [1.807, 2.05) is 24.3 Å². The summed E-state index contributed by atoms with van der Waals surface area (Å²) >= 11 is 7.06. The summed E-state index contributed by atoms with van der Waals surface area (Å²) in [6, 6.07) is 24.7. The molecule has 0 bridgehead atoms. The molecule has 40 heavy (non-hydrogen) atoms. The predicted molar refractivity (Wildman–Crippen MR) is 170 cm³/mol. The van der Waals surface area contributed by atoms with Gasteiger partial charge in [0.15, 0.2) is 0 Å². The van der Waals surface area contributed by atoms with Gasteiger partial charge in [0.05, 0.1) is 26.4 Å². The number of rotatable bonds is 13. The molecule has 6 heteroatoms. The van der Waals surface area contributed by atoms with Gasteiger partial charge in [0.2, 0.25) is 0 Å². The first-order chi connectivity index (χ1) is 19.3. The van der Waals surface area contributed by atoms with E-state index >= 15 is 0 Å². The van der Waals surface area contributed by atoms with E-state index in [1.54, 1.807) is 0 Å². The Hall–Kier alpha value is -2.96. The van der Waals surface area contributed by atoms with Gasteiger partial charge in [0.1, 0.15) is 23.0 Å². The molecule has 0 aliphatic rings. The maximum Gasteiger partial charge on any atom is 0.125 e. The minimum absolute atomic E-state index is 0.605. The molecule has 0 spiro atoms. The first-order valence-corrected chi connectivity index (χ1v) is 15.1. The van der Waals surface area contributed by atoms with Crippen LogP contribution in [0.3, 0.4) is 0 Å². The summed E-state index contributed by atoms with van der Waals surface area (Å²) in [7, 11) is 0. The maximum absolute atomic E-state index is 6.00. The van der Waals surface area contributed by atoms with Gasteiger partial charge in [-0.05, 0) is 110 Å². The Kier molecular flexibility index (Phi) is 11.0. The molecule has 4 aromatic rings. The Balaban J connectivity index is 1.16. The monoisotopic (exact) mass is 666 g/mol. The Morgan fingerprint density at radius 1 is 0.450 bits per heavy atom. The molecular formula is C34H36Br2O4. The molecule has 0 saturated carbocycles. The lowest BCUT2D eigenvalue weighted by Crippen LogP contribution is -2.06. The normalized spacial score (nSPS) is 10.8. The van der Waals surface area contributed by atoms with Crippen LogP contribution < -0.4 is 18.9 Å². The lowest BCUT2D eigenvalue weighted by Gasteiger charge is -2.13. The molecule has 0 amide bonds. The van der Waals surface area contributed by atoms with E-state index in [0.29, 0.717) is 26.4 Å². The van der Waals surface area contributed by atoms with E-state index in [1.165, 1.54) is 0 Å². The van der Waals surface area contributed by atoms with Gasteiger partial charge >= 0.3 is 0 Å². The molecule has 4 rings (SSSR count). The van der Waals surface area contributed by atoms with E-state index in [4.69, 9.17) is 18.9 Å². The molecule has 0 atom stereocenters. The molecular weight excluding hydrogens is 632 g/mol. The summed E-state index contributed by atoms with van der Waals surface area (Å²) in [5.74, 6) is 3.63. The molecule has 0 aromatic heterocycles. The summed E-state index contributed by atoms with van der Waals surface area (Å²) in [4.78, 5) is 0. The highest BCUT2D eigenvalue weighted by atomic mass is 79.9. The lowest BCUT2D eigenvalue weighted by molar-refractivity contribution is 0.245. The van der Waals surface area contributed by atoms with Gasteiger partial charge in [-0.25, -0.2) is 0 Å². The van der Waals surface area contributed by atoms with Crippen molar-refractivity contribution in [3.63, 3.8) is 0 Å². The molecule has 0 saturated heterocycles. The molecule has 0 aliphatic carbocycles. The molecule has 0 heterocycles. The van der Waals surface area contributed by atoms with E-state index in [2.05, 4.69) is 108 Å². The number of halogens is 2. The summed E-state index contributed by atoms with van der Waals surface area (Å²) in [6.45, 7) is 10.7. The number of benzene rings is 4. The van der Waals surface area contributed by atoms with Gasteiger partial charge in [0.25, 0.3) is 0 Å². The number of aryl methyl sites for hydroxylation is 4. The first kappa shape index (κ1) is 30.0. The van der Waals surface area contributed by atoms with Gasteiger partial charge in [-0.15, -0.1) is 0 Å². The largest absolute Gasteiger partial charge is 0.493 e. The zero-order valence-corrected chi connectivity index (χ0v) is 26.7. The Morgan fingerprint density at radius 3 is 1.07 bits per heavy atom. The van der Waals surface area contributed by atoms with Crippen LogP contribution in [0.25, 0.3) is 11.1 Å². The SMILES string of the molecule is Cc1cc(Br)cc(C)c1OCCCOc1ccc(-c2ccc(OCCCOc3c(C)cc(Br)cc3C)cc2)cc1. The highest BCUT2D eigenvalue weighted by Crippen LogP contribution is 2.29. The minimum atomic E-state index is 0.605. The summed E-state index contributed by atoms with van der Waals surface area (Å²) in [6.07, 6.45) is 1.63. The third-order valence-corrected chi connectivity index (χ3v) is 7.42. The highest BCUT2D eigenvalue weighted by Gasteiger charge is 2.07. The standard InChI is InChI=1S/C34H36Br2O4/c1-23-19-29(35)20-24(2)33(23)39-17-5-15-37-31-11-7-27(8-12-31)28-9-13-32(14-10-28)38-16-6-18-40-34-25(3)21-30(36)22-26(34)4/h7-14,19-22H,5-6,15-18H2,1-4H3. The van der Waals surface area contributed by atoms with Crippen LogP contribution in [0.5, 0.6) is 23.0 Å². The van der Waals surface area contributed by atoms with E-state index in [9.17, 15) is 0 Å². The summed E-state index contributed by atoms with van der Waals surface area (Å²) < 4.78 is 26.0. The second-order valence-corrected chi connectivity index (χ2v) is 11.7. The zero-order valence-electron chi connectivity index (χ0n) is 23.6. The number of hydrogen-bond acceptors (Lipinski definition) is 4. The van der Waals surface area contributed by atoms with Crippen molar-refractivity contribution in [2.45, 2.75) is 40.5 Å². The second-order valence-electron chi connectivity index (χ2n) is 9.89. The highest BCUT2D eigenvalue weighted by molar-refractivity contribution is 9.10. The fourth-order valence-corrected chi connectivity index (χ4v) is 5.96. The average molecular weight is 668 g/mol. The van der Waals surface area contributed by atoms with Crippen LogP contribution in [-0.4, -0.2) is 26.4 Å².